The molecule has 0 fully saturated rings. The normalized spacial score (nSPS) is 11.6. The van der Waals surface area contributed by atoms with Crippen molar-refractivity contribution in [3.05, 3.63) is 83.4 Å². The molecule has 1 aromatic heterocycles. The summed E-state index contributed by atoms with van der Waals surface area (Å²) >= 11 is 0. The predicted octanol–water partition coefficient (Wildman–Crippen LogP) is 4.02. The number of aryl methyl sites for hydroxylation is 1. The van der Waals surface area contributed by atoms with E-state index < -0.39 is 16.0 Å². The van der Waals surface area contributed by atoms with E-state index in [9.17, 15) is 18.3 Å². The topological polar surface area (TPSA) is 110 Å². The van der Waals surface area contributed by atoms with Crippen molar-refractivity contribution in [2.45, 2.75) is 18.2 Å². The molecule has 31 heavy (non-hydrogen) atoms. The predicted molar refractivity (Wildman–Crippen MR) is 116 cm³/mol. The van der Waals surface area contributed by atoms with Gasteiger partial charge in [-0.3, -0.25) is 0 Å². The third-order valence-electron chi connectivity index (χ3n) is 4.93. The van der Waals surface area contributed by atoms with Crippen LogP contribution in [0.25, 0.3) is 22.6 Å². The number of oxazole rings is 1. The van der Waals surface area contributed by atoms with Crippen LogP contribution in [0, 0.1) is 6.92 Å². The summed E-state index contributed by atoms with van der Waals surface area (Å²) in [6.07, 6.45) is 0.445. The first kappa shape index (κ1) is 20.8. The molecule has 0 aliphatic heterocycles. The minimum Gasteiger partial charge on any atom is -0.478 e. The molecule has 0 radical (unpaired) electrons. The Bertz CT molecular complexity index is 1360. The molecule has 0 saturated carbocycles. The van der Waals surface area contributed by atoms with Crippen molar-refractivity contribution in [1.29, 1.82) is 0 Å². The van der Waals surface area contributed by atoms with Crippen LogP contribution in [0.2, 0.25) is 0 Å². The number of carboxylic acid groups (broad SMARTS) is 1. The quantitative estimate of drug-likeness (QED) is 0.453. The van der Waals surface area contributed by atoms with Gasteiger partial charge in [0.1, 0.15) is 5.52 Å². The molecule has 0 spiro atoms. The number of hydrogen-bond acceptors (Lipinski definition) is 5. The number of aromatic nitrogens is 1. The van der Waals surface area contributed by atoms with Gasteiger partial charge in [-0.2, -0.15) is 0 Å². The molecule has 0 atom stereocenters. The summed E-state index contributed by atoms with van der Waals surface area (Å²) in [5.41, 5.74) is 3.61. The number of nitrogens with one attached hydrogen (secondary N) is 1. The van der Waals surface area contributed by atoms with E-state index >= 15 is 0 Å². The lowest BCUT2D eigenvalue weighted by Crippen LogP contribution is -2.26. The standard InChI is InChI=1S/C23H20N2O5S/c1-15-7-9-18(14-19(15)23(26)27)31(28,29)24-12-11-16-8-10-21-20(13-16)25-22(30-21)17-5-3-2-4-6-17/h2-10,13-14,24H,11-12H2,1H3,(H,26,27). The van der Waals surface area contributed by atoms with E-state index in [2.05, 4.69) is 9.71 Å². The van der Waals surface area contributed by atoms with E-state index in [1.54, 1.807) is 6.92 Å². The first-order valence-electron chi connectivity index (χ1n) is 9.62. The molecule has 3 aromatic carbocycles. The number of nitrogens with zero attached hydrogens (tertiary/aromatic N) is 1. The summed E-state index contributed by atoms with van der Waals surface area (Å²) in [4.78, 5) is 15.7. The zero-order valence-corrected chi connectivity index (χ0v) is 17.5. The van der Waals surface area contributed by atoms with Gasteiger partial charge in [0.05, 0.1) is 10.5 Å². The zero-order valence-electron chi connectivity index (χ0n) is 16.7. The fourth-order valence-corrected chi connectivity index (χ4v) is 4.30. The Labute approximate surface area is 179 Å². The van der Waals surface area contributed by atoms with Gasteiger partial charge in [-0.25, -0.2) is 22.9 Å². The molecule has 0 amide bonds. The van der Waals surface area contributed by atoms with Gasteiger partial charge in [-0.1, -0.05) is 30.3 Å². The summed E-state index contributed by atoms with van der Waals surface area (Å²) in [5.74, 6) is -0.632. The second kappa shape index (κ2) is 8.33. The molecule has 0 aliphatic rings. The van der Waals surface area contributed by atoms with Crippen LogP contribution in [0.5, 0.6) is 0 Å². The number of carboxylic acids is 1. The average molecular weight is 436 g/mol. The minimum absolute atomic E-state index is 0.0337. The van der Waals surface area contributed by atoms with Crippen LogP contribution in [-0.4, -0.2) is 31.0 Å². The van der Waals surface area contributed by atoms with Gasteiger partial charge in [-0.15, -0.1) is 0 Å². The SMILES string of the molecule is Cc1ccc(S(=O)(=O)NCCc2ccc3oc(-c4ccccc4)nc3c2)cc1C(=O)O. The second-order valence-corrected chi connectivity index (χ2v) is 8.88. The second-order valence-electron chi connectivity index (χ2n) is 7.12. The summed E-state index contributed by atoms with van der Waals surface area (Å²) in [5, 5.41) is 9.21. The molecule has 158 valence electrons. The van der Waals surface area contributed by atoms with Crippen molar-refractivity contribution in [1.82, 2.24) is 9.71 Å². The van der Waals surface area contributed by atoms with Crippen molar-refractivity contribution in [2.75, 3.05) is 6.54 Å². The smallest absolute Gasteiger partial charge is 0.335 e. The van der Waals surface area contributed by atoms with Crippen LogP contribution in [0.15, 0.2) is 76.0 Å². The first-order valence-corrected chi connectivity index (χ1v) is 11.1. The van der Waals surface area contributed by atoms with Crippen molar-refractivity contribution < 1.29 is 22.7 Å². The molecule has 4 rings (SSSR count). The van der Waals surface area contributed by atoms with Crippen LogP contribution < -0.4 is 4.72 Å². The maximum Gasteiger partial charge on any atom is 0.335 e. The summed E-state index contributed by atoms with van der Waals surface area (Å²) in [6, 6.07) is 19.2. The van der Waals surface area contributed by atoms with Gasteiger partial charge in [-0.05, 0) is 60.9 Å². The Hall–Kier alpha value is -3.49. The number of carbonyl (C=O) groups is 1. The van der Waals surface area contributed by atoms with E-state index in [4.69, 9.17) is 4.42 Å². The van der Waals surface area contributed by atoms with E-state index in [1.165, 1.54) is 18.2 Å². The van der Waals surface area contributed by atoms with Crippen molar-refractivity contribution >= 4 is 27.1 Å². The van der Waals surface area contributed by atoms with Gasteiger partial charge in [0, 0.05) is 12.1 Å². The Morgan fingerprint density at radius 1 is 1.06 bits per heavy atom. The van der Waals surface area contributed by atoms with Crippen LogP contribution in [-0.2, 0) is 16.4 Å². The van der Waals surface area contributed by atoms with Crippen LogP contribution in [0.4, 0.5) is 0 Å². The molecule has 0 unspecified atom stereocenters. The number of aromatic carboxylic acids is 1. The molecule has 1 heterocycles. The summed E-state index contributed by atoms with van der Waals surface area (Å²) in [7, 11) is -3.83. The number of sulfonamides is 1. The molecule has 0 saturated heterocycles. The molecular weight excluding hydrogens is 416 g/mol. The number of fused-ring (bicyclic) bond motifs is 1. The lowest BCUT2D eigenvalue weighted by Gasteiger charge is -2.09. The van der Waals surface area contributed by atoms with Crippen molar-refractivity contribution in [2.24, 2.45) is 0 Å². The highest BCUT2D eigenvalue weighted by Gasteiger charge is 2.17. The zero-order chi connectivity index (χ0) is 22.0. The average Bonchev–Trinajstić information content (AvgIpc) is 3.18. The third-order valence-corrected chi connectivity index (χ3v) is 6.39. The lowest BCUT2D eigenvalue weighted by molar-refractivity contribution is 0.0696. The number of rotatable bonds is 7. The Kier molecular flexibility index (Phi) is 5.58. The molecule has 4 aromatic rings. The fourth-order valence-electron chi connectivity index (χ4n) is 3.24. The van der Waals surface area contributed by atoms with Crippen molar-refractivity contribution in [3.63, 3.8) is 0 Å². The Morgan fingerprint density at radius 2 is 1.84 bits per heavy atom. The highest BCUT2D eigenvalue weighted by atomic mass is 32.2. The highest BCUT2D eigenvalue weighted by Crippen LogP contribution is 2.25. The summed E-state index contributed by atoms with van der Waals surface area (Å²) in [6.45, 7) is 1.78. The van der Waals surface area contributed by atoms with E-state index in [0.29, 0.717) is 29.0 Å². The molecule has 0 bridgehead atoms. The van der Waals surface area contributed by atoms with Crippen LogP contribution in [0.3, 0.4) is 0 Å². The Balaban J connectivity index is 1.47. The van der Waals surface area contributed by atoms with E-state index in [1.807, 2.05) is 48.5 Å². The minimum atomic E-state index is -3.83. The maximum atomic E-state index is 12.5. The van der Waals surface area contributed by atoms with Gasteiger partial charge in [0.25, 0.3) is 0 Å². The largest absolute Gasteiger partial charge is 0.478 e. The first-order chi connectivity index (χ1) is 14.8. The number of hydrogen-bond donors (Lipinski definition) is 2. The number of benzene rings is 3. The lowest BCUT2D eigenvalue weighted by atomic mass is 10.1. The maximum absolute atomic E-state index is 12.5. The molecule has 0 aliphatic carbocycles. The summed E-state index contributed by atoms with van der Waals surface area (Å²) < 4.78 is 33.4. The van der Waals surface area contributed by atoms with E-state index in [-0.39, 0.29) is 17.0 Å². The highest BCUT2D eigenvalue weighted by molar-refractivity contribution is 7.89. The molecule has 7 nitrogen and oxygen atoms in total. The molecule has 2 N–H and O–H groups in total. The third kappa shape index (κ3) is 4.50. The van der Waals surface area contributed by atoms with Crippen molar-refractivity contribution in [3.8, 4) is 11.5 Å². The molecule has 8 heteroatoms. The van der Waals surface area contributed by atoms with Crippen LogP contribution in [0.1, 0.15) is 21.5 Å². The van der Waals surface area contributed by atoms with E-state index in [0.717, 1.165) is 11.1 Å². The van der Waals surface area contributed by atoms with Gasteiger partial charge >= 0.3 is 5.97 Å². The van der Waals surface area contributed by atoms with Gasteiger partial charge in [0.2, 0.25) is 15.9 Å². The van der Waals surface area contributed by atoms with Crippen LogP contribution >= 0.6 is 0 Å². The fraction of sp³-hybridized carbons (Fsp3) is 0.130. The van der Waals surface area contributed by atoms with Gasteiger partial charge in [0.15, 0.2) is 5.58 Å². The molecular formula is C23H20N2O5S. The monoisotopic (exact) mass is 436 g/mol. The van der Waals surface area contributed by atoms with Gasteiger partial charge < -0.3 is 9.52 Å². The Morgan fingerprint density at radius 3 is 2.58 bits per heavy atom.